The van der Waals surface area contributed by atoms with Crippen LogP contribution in [0, 0.1) is 0 Å². The SMILES string of the molecule is O=C(NC(=Nc1ccc(Cl)cc1Cl)Nc1ccccc1)c1ccccc1. The monoisotopic (exact) mass is 383 g/mol. The Bertz CT molecular complexity index is 928. The van der Waals surface area contributed by atoms with Crippen LogP contribution in [0.1, 0.15) is 10.4 Å². The first-order chi connectivity index (χ1) is 12.6. The van der Waals surface area contributed by atoms with Gasteiger partial charge in [-0.25, -0.2) is 4.99 Å². The van der Waals surface area contributed by atoms with E-state index in [4.69, 9.17) is 23.2 Å². The molecule has 3 aromatic rings. The number of hydrogen-bond acceptors (Lipinski definition) is 2. The molecule has 0 atom stereocenters. The highest BCUT2D eigenvalue weighted by Gasteiger charge is 2.10. The number of carbonyl (C=O) groups excluding carboxylic acids is 1. The predicted molar refractivity (Wildman–Crippen MR) is 108 cm³/mol. The smallest absolute Gasteiger partial charge is 0.257 e. The number of nitrogens with zero attached hydrogens (tertiary/aromatic N) is 1. The molecule has 0 aliphatic rings. The molecule has 3 rings (SSSR count). The van der Waals surface area contributed by atoms with E-state index in [2.05, 4.69) is 15.6 Å². The van der Waals surface area contributed by atoms with Gasteiger partial charge in [-0.15, -0.1) is 0 Å². The number of para-hydroxylation sites is 1. The molecule has 6 heteroatoms. The molecule has 1 amide bonds. The minimum absolute atomic E-state index is 0.259. The summed E-state index contributed by atoms with van der Waals surface area (Å²) in [5.74, 6) is -0.0212. The second kappa shape index (κ2) is 8.52. The van der Waals surface area contributed by atoms with Gasteiger partial charge in [-0.05, 0) is 42.5 Å². The molecule has 0 saturated carbocycles. The maximum Gasteiger partial charge on any atom is 0.257 e. The van der Waals surface area contributed by atoms with Crippen molar-refractivity contribution >= 4 is 46.4 Å². The van der Waals surface area contributed by atoms with E-state index < -0.39 is 0 Å². The van der Waals surface area contributed by atoms with E-state index in [1.807, 2.05) is 36.4 Å². The lowest BCUT2D eigenvalue weighted by Gasteiger charge is -2.12. The average Bonchev–Trinajstić information content (AvgIpc) is 2.65. The minimum atomic E-state index is -0.280. The fraction of sp³-hybridized carbons (Fsp3) is 0. The van der Waals surface area contributed by atoms with Gasteiger partial charge in [0.25, 0.3) is 5.91 Å². The lowest BCUT2D eigenvalue weighted by Crippen LogP contribution is -2.35. The Hall–Kier alpha value is -2.82. The van der Waals surface area contributed by atoms with E-state index in [-0.39, 0.29) is 11.9 Å². The van der Waals surface area contributed by atoms with Gasteiger partial charge >= 0.3 is 0 Å². The van der Waals surface area contributed by atoms with E-state index in [9.17, 15) is 4.79 Å². The van der Waals surface area contributed by atoms with Crippen LogP contribution in [0.25, 0.3) is 0 Å². The average molecular weight is 384 g/mol. The third kappa shape index (κ3) is 4.85. The van der Waals surface area contributed by atoms with Crippen LogP contribution in [0.15, 0.2) is 83.9 Å². The van der Waals surface area contributed by atoms with E-state index in [1.165, 1.54) is 0 Å². The highest BCUT2D eigenvalue weighted by Crippen LogP contribution is 2.28. The lowest BCUT2D eigenvalue weighted by molar-refractivity contribution is 0.0977. The van der Waals surface area contributed by atoms with Gasteiger partial charge in [-0.3, -0.25) is 10.1 Å². The molecular weight excluding hydrogens is 369 g/mol. The summed E-state index contributed by atoms with van der Waals surface area (Å²) < 4.78 is 0. The van der Waals surface area contributed by atoms with Crippen LogP contribution in [0.5, 0.6) is 0 Å². The molecule has 0 bridgehead atoms. The molecule has 130 valence electrons. The van der Waals surface area contributed by atoms with Crippen molar-refractivity contribution in [1.82, 2.24) is 5.32 Å². The topological polar surface area (TPSA) is 53.5 Å². The van der Waals surface area contributed by atoms with Gasteiger partial charge in [-0.1, -0.05) is 59.6 Å². The number of benzene rings is 3. The molecule has 0 aromatic heterocycles. The number of rotatable bonds is 3. The van der Waals surface area contributed by atoms with Crippen LogP contribution < -0.4 is 10.6 Å². The van der Waals surface area contributed by atoms with Crippen molar-refractivity contribution in [1.29, 1.82) is 0 Å². The van der Waals surface area contributed by atoms with Crippen molar-refractivity contribution in [3.8, 4) is 0 Å². The fourth-order valence-electron chi connectivity index (χ4n) is 2.21. The zero-order valence-electron chi connectivity index (χ0n) is 13.6. The molecule has 0 aliphatic carbocycles. The first kappa shape index (κ1) is 18.0. The molecule has 0 unspecified atom stereocenters. The van der Waals surface area contributed by atoms with Gasteiger partial charge in [0.15, 0.2) is 0 Å². The van der Waals surface area contributed by atoms with Gasteiger partial charge in [0.1, 0.15) is 0 Å². The van der Waals surface area contributed by atoms with Gasteiger partial charge in [0, 0.05) is 16.3 Å². The molecule has 0 heterocycles. The second-order valence-electron chi connectivity index (χ2n) is 5.37. The van der Waals surface area contributed by atoms with Crippen LogP contribution in [-0.4, -0.2) is 11.9 Å². The zero-order chi connectivity index (χ0) is 18.4. The van der Waals surface area contributed by atoms with Crippen molar-refractivity contribution in [3.05, 3.63) is 94.5 Å². The number of guanidine groups is 1. The molecule has 0 fully saturated rings. The highest BCUT2D eigenvalue weighted by atomic mass is 35.5. The Morgan fingerprint density at radius 1 is 0.846 bits per heavy atom. The second-order valence-corrected chi connectivity index (χ2v) is 6.21. The predicted octanol–water partition coefficient (Wildman–Crippen LogP) is 5.52. The normalized spacial score (nSPS) is 11.1. The summed E-state index contributed by atoms with van der Waals surface area (Å²) in [7, 11) is 0. The number of hydrogen-bond donors (Lipinski definition) is 2. The quantitative estimate of drug-likeness (QED) is 0.461. The number of halogens is 2. The number of aliphatic imine (C=N–C) groups is 1. The van der Waals surface area contributed by atoms with E-state index in [0.29, 0.717) is 21.3 Å². The first-order valence-corrected chi connectivity index (χ1v) is 8.59. The Labute approximate surface area is 161 Å². The van der Waals surface area contributed by atoms with Crippen molar-refractivity contribution < 1.29 is 4.79 Å². The van der Waals surface area contributed by atoms with Crippen molar-refractivity contribution in [3.63, 3.8) is 0 Å². The summed E-state index contributed by atoms with van der Waals surface area (Å²) in [5, 5.41) is 6.78. The molecule has 0 radical (unpaired) electrons. The van der Waals surface area contributed by atoms with Crippen LogP contribution in [-0.2, 0) is 0 Å². The van der Waals surface area contributed by atoms with E-state index in [1.54, 1.807) is 42.5 Å². The molecule has 3 aromatic carbocycles. The van der Waals surface area contributed by atoms with E-state index in [0.717, 1.165) is 5.69 Å². The molecule has 0 aliphatic heterocycles. The largest absolute Gasteiger partial charge is 0.326 e. The third-order valence-corrected chi connectivity index (χ3v) is 3.98. The number of carbonyl (C=O) groups is 1. The molecule has 0 saturated heterocycles. The van der Waals surface area contributed by atoms with Gasteiger partial charge in [0.2, 0.25) is 5.96 Å². The number of nitrogens with one attached hydrogen (secondary N) is 2. The minimum Gasteiger partial charge on any atom is -0.326 e. The Kier molecular flexibility index (Phi) is 5.89. The molecular formula is C20H15Cl2N3O. The summed E-state index contributed by atoms with van der Waals surface area (Å²) in [6.45, 7) is 0. The summed E-state index contributed by atoms with van der Waals surface area (Å²) in [6.07, 6.45) is 0. The van der Waals surface area contributed by atoms with Crippen LogP contribution >= 0.6 is 23.2 Å². The van der Waals surface area contributed by atoms with Crippen LogP contribution in [0.2, 0.25) is 10.0 Å². The summed E-state index contributed by atoms with van der Waals surface area (Å²) in [5.41, 5.74) is 1.80. The van der Waals surface area contributed by atoms with E-state index >= 15 is 0 Å². The van der Waals surface area contributed by atoms with Crippen molar-refractivity contribution in [2.45, 2.75) is 0 Å². The molecule has 2 N–H and O–H groups in total. The van der Waals surface area contributed by atoms with Crippen LogP contribution in [0.3, 0.4) is 0 Å². The summed E-state index contributed by atoms with van der Waals surface area (Å²) >= 11 is 12.1. The van der Waals surface area contributed by atoms with Crippen molar-refractivity contribution in [2.24, 2.45) is 4.99 Å². The Balaban J connectivity index is 1.90. The lowest BCUT2D eigenvalue weighted by atomic mass is 10.2. The highest BCUT2D eigenvalue weighted by molar-refractivity contribution is 6.36. The standard InChI is InChI=1S/C20H15Cl2N3O/c21-15-11-12-18(17(22)13-15)24-20(23-16-9-5-2-6-10-16)25-19(26)14-7-3-1-4-8-14/h1-13H,(H2,23,24,25,26). The Morgan fingerprint density at radius 3 is 2.15 bits per heavy atom. The van der Waals surface area contributed by atoms with Crippen LogP contribution in [0.4, 0.5) is 11.4 Å². The van der Waals surface area contributed by atoms with Gasteiger partial charge in [0.05, 0.1) is 10.7 Å². The number of amides is 1. The molecule has 4 nitrogen and oxygen atoms in total. The van der Waals surface area contributed by atoms with Gasteiger partial charge in [-0.2, -0.15) is 0 Å². The number of anilines is 1. The fourth-order valence-corrected chi connectivity index (χ4v) is 2.66. The maximum absolute atomic E-state index is 12.5. The summed E-state index contributed by atoms with van der Waals surface area (Å²) in [6, 6.07) is 23.3. The molecule has 26 heavy (non-hydrogen) atoms. The maximum atomic E-state index is 12.5. The van der Waals surface area contributed by atoms with Crippen molar-refractivity contribution in [2.75, 3.05) is 5.32 Å². The third-order valence-electron chi connectivity index (χ3n) is 3.45. The van der Waals surface area contributed by atoms with Gasteiger partial charge < -0.3 is 5.32 Å². The molecule has 0 spiro atoms. The first-order valence-electron chi connectivity index (χ1n) is 7.84. The zero-order valence-corrected chi connectivity index (χ0v) is 15.1. The summed E-state index contributed by atoms with van der Waals surface area (Å²) in [4.78, 5) is 16.9. The Morgan fingerprint density at radius 2 is 1.50 bits per heavy atom.